The Morgan fingerprint density at radius 1 is 1.28 bits per heavy atom. The van der Waals surface area contributed by atoms with E-state index in [1.54, 1.807) is 0 Å². The number of likely N-dealkylation sites (tertiary alicyclic amines) is 1. The zero-order valence-electron chi connectivity index (χ0n) is 15.2. The van der Waals surface area contributed by atoms with E-state index >= 15 is 0 Å². The van der Waals surface area contributed by atoms with Gasteiger partial charge in [-0.15, -0.1) is 0 Å². The summed E-state index contributed by atoms with van der Waals surface area (Å²) >= 11 is 0. The second kappa shape index (κ2) is 6.63. The van der Waals surface area contributed by atoms with Gasteiger partial charge in [0.15, 0.2) is 0 Å². The first kappa shape index (κ1) is 18.2. The van der Waals surface area contributed by atoms with Gasteiger partial charge in [0.1, 0.15) is 21.2 Å². The van der Waals surface area contributed by atoms with Crippen LogP contribution in [0.1, 0.15) is 51.0 Å². The molecule has 2 aliphatic heterocycles. The largest absolute Gasteiger partial charge is 0.488 e. The Labute approximate surface area is 150 Å². The molecule has 2 atom stereocenters. The second-order valence-corrected chi connectivity index (χ2v) is 10.1. The summed E-state index contributed by atoms with van der Waals surface area (Å²) in [5.41, 5.74) is 0.493. The maximum atomic E-state index is 13.4. The van der Waals surface area contributed by atoms with Crippen LogP contribution in [0.25, 0.3) is 0 Å². The van der Waals surface area contributed by atoms with Gasteiger partial charge in [-0.1, -0.05) is 18.2 Å². The Kier molecular flexibility index (Phi) is 4.84. The van der Waals surface area contributed by atoms with Crippen molar-refractivity contribution in [1.82, 2.24) is 4.90 Å². The fraction of sp³-hybridized carbons (Fsp3) is 0.632. The Balaban J connectivity index is 1.90. The van der Waals surface area contributed by atoms with Gasteiger partial charge in [-0.3, -0.25) is 4.79 Å². The Hall–Kier alpha value is -1.56. The summed E-state index contributed by atoms with van der Waals surface area (Å²) in [6.45, 7) is 4.62. The number of amides is 1. The molecule has 1 saturated heterocycles. The summed E-state index contributed by atoms with van der Waals surface area (Å²) in [6, 6.07) is 7.47. The summed E-state index contributed by atoms with van der Waals surface area (Å²) in [7, 11) is -3.12. The number of para-hydroxylation sites is 1. The topological polar surface area (TPSA) is 63.7 Å². The molecule has 0 aliphatic carbocycles. The highest BCUT2D eigenvalue weighted by molar-refractivity contribution is 7.90. The number of carbonyl (C=O) groups excluding carboxylic acids is 1. The van der Waals surface area contributed by atoms with Crippen LogP contribution in [-0.4, -0.2) is 49.4 Å². The van der Waals surface area contributed by atoms with Gasteiger partial charge in [0.2, 0.25) is 5.91 Å². The third kappa shape index (κ3) is 4.17. The number of piperidine rings is 1. The Morgan fingerprint density at radius 2 is 2.00 bits per heavy atom. The van der Waals surface area contributed by atoms with Crippen molar-refractivity contribution in [1.29, 1.82) is 0 Å². The van der Waals surface area contributed by atoms with E-state index in [0.29, 0.717) is 13.0 Å². The lowest BCUT2D eigenvalue weighted by molar-refractivity contribution is -0.138. The normalized spacial score (nSPS) is 25.8. The van der Waals surface area contributed by atoms with Crippen molar-refractivity contribution in [2.45, 2.75) is 57.1 Å². The first-order valence-corrected chi connectivity index (χ1v) is 11.0. The van der Waals surface area contributed by atoms with Gasteiger partial charge in [0.25, 0.3) is 0 Å². The number of ether oxygens (including phenoxy) is 1. The summed E-state index contributed by atoms with van der Waals surface area (Å²) in [6.07, 6.45) is 4.51. The van der Waals surface area contributed by atoms with Crippen LogP contribution in [0.3, 0.4) is 0 Å². The summed E-state index contributed by atoms with van der Waals surface area (Å²) in [4.78, 5) is 15.2. The average molecular weight is 365 g/mol. The predicted molar refractivity (Wildman–Crippen MR) is 97.6 cm³/mol. The van der Waals surface area contributed by atoms with Crippen molar-refractivity contribution in [2.75, 3.05) is 18.6 Å². The molecule has 0 spiro atoms. The lowest BCUT2D eigenvalue weighted by Crippen LogP contribution is -2.50. The van der Waals surface area contributed by atoms with Crippen LogP contribution >= 0.6 is 0 Å². The molecule has 2 heterocycles. The van der Waals surface area contributed by atoms with Crippen molar-refractivity contribution in [3.63, 3.8) is 0 Å². The number of sulfone groups is 1. The number of nitrogens with zero attached hydrogens (tertiary/aromatic N) is 1. The van der Waals surface area contributed by atoms with Gasteiger partial charge in [-0.05, 0) is 39.2 Å². The average Bonchev–Trinajstić information content (AvgIpc) is 2.51. The Bertz CT molecular complexity index is 756. The minimum atomic E-state index is -3.12. The van der Waals surface area contributed by atoms with E-state index in [0.717, 1.165) is 30.6 Å². The molecule has 0 radical (unpaired) electrons. The maximum absolute atomic E-state index is 13.4. The molecule has 2 unspecified atom stereocenters. The molecule has 6 heteroatoms. The van der Waals surface area contributed by atoms with Gasteiger partial charge in [-0.25, -0.2) is 8.42 Å². The van der Waals surface area contributed by atoms with Crippen LogP contribution in [0.15, 0.2) is 24.3 Å². The van der Waals surface area contributed by atoms with Crippen molar-refractivity contribution in [3.05, 3.63) is 29.8 Å². The van der Waals surface area contributed by atoms with E-state index in [-0.39, 0.29) is 23.6 Å². The second-order valence-electron chi connectivity index (χ2n) is 7.93. The number of rotatable bonds is 3. The molecule has 0 aromatic heterocycles. The Morgan fingerprint density at radius 3 is 2.72 bits per heavy atom. The van der Waals surface area contributed by atoms with Gasteiger partial charge < -0.3 is 9.64 Å². The van der Waals surface area contributed by atoms with Crippen LogP contribution in [0.4, 0.5) is 0 Å². The molecule has 2 aliphatic rings. The standard InChI is InChI=1S/C19H27NO4S/c1-19(2)12-16(15-9-4-5-10-17(15)24-19)18(21)20-11-7-6-8-14(20)13-25(3,22)23/h4-5,9-10,14,16H,6-8,11-13H2,1-3H3. The number of hydrogen-bond donors (Lipinski definition) is 0. The third-order valence-corrected chi connectivity index (χ3v) is 6.07. The SMILES string of the molecule is CC1(C)CC(C(=O)N2CCCCC2CS(C)(=O)=O)c2ccccc2O1. The molecule has 1 aromatic carbocycles. The molecular weight excluding hydrogens is 338 g/mol. The molecule has 1 fully saturated rings. The smallest absolute Gasteiger partial charge is 0.230 e. The molecule has 3 rings (SSSR count). The molecule has 0 saturated carbocycles. The third-order valence-electron chi connectivity index (χ3n) is 5.08. The van der Waals surface area contributed by atoms with Gasteiger partial charge in [0, 0.05) is 30.8 Å². The molecule has 0 N–H and O–H groups in total. The summed E-state index contributed by atoms with van der Waals surface area (Å²) < 4.78 is 29.6. The number of fused-ring (bicyclic) bond motifs is 1. The molecule has 0 bridgehead atoms. The lowest BCUT2D eigenvalue weighted by atomic mass is 9.83. The van der Waals surface area contributed by atoms with Crippen LogP contribution in [-0.2, 0) is 14.6 Å². The quantitative estimate of drug-likeness (QED) is 0.826. The van der Waals surface area contributed by atoms with E-state index in [1.807, 2.05) is 43.0 Å². The van der Waals surface area contributed by atoms with Gasteiger partial charge >= 0.3 is 0 Å². The van der Waals surface area contributed by atoms with E-state index in [1.165, 1.54) is 6.26 Å². The number of carbonyl (C=O) groups is 1. The molecule has 1 amide bonds. The predicted octanol–water partition coefficient (Wildman–Crippen LogP) is 2.76. The van der Waals surface area contributed by atoms with Crippen LogP contribution in [0.2, 0.25) is 0 Å². The summed E-state index contributed by atoms with van der Waals surface area (Å²) in [5, 5.41) is 0. The highest BCUT2D eigenvalue weighted by Gasteiger charge is 2.41. The summed E-state index contributed by atoms with van der Waals surface area (Å²) in [5.74, 6) is 0.568. The molecule has 5 nitrogen and oxygen atoms in total. The highest BCUT2D eigenvalue weighted by Crippen LogP contribution is 2.42. The van der Waals surface area contributed by atoms with Crippen LogP contribution in [0, 0.1) is 0 Å². The number of hydrogen-bond acceptors (Lipinski definition) is 4. The monoisotopic (exact) mass is 365 g/mol. The van der Waals surface area contributed by atoms with Crippen molar-refractivity contribution < 1.29 is 17.9 Å². The van der Waals surface area contributed by atoms with E-state index in [4.69, 9.17) is 4.74 Å². The van der Waals surface area contributed by atoms with E-state index in [2.05, 4.69) is 0 Å². The minimum absolute atomic E-state index is 0.0391. The van der Waals surface area contributed by atoms with Crippen molar-refractivity contribution in [2.24, 2.45) is 0 Å². The highest BCUT2D eigenvalue weighted by atomic mass is 32.2. The molecule has 25 heavy (non-hydrogen) atoms. The minimum Gasteiger partial charge on any atom is -0.488 e. The van der Waals surface area contributed by atoms with Crippen LogP contribution in [0.5, 0.6) is 5.75 Å². The fourth-order valence-corrected chi connectivity index (χ4v) is 5.08. The van der Waals surface area contributed by atoms with Crippen LogP contribution < -0.4 is 4.74 Å². The number of benzene rings is 1. The first-order valence-electron chi connectivity index (χ1n) is 8.92. The molecular formula is C19H27NO4S. The lowest BCUT2D eigenvalue weighted by Gasteiger charge is -2.42. The fourth-order valence-electron chi connectivity index (χ4n) is 4.04. The van der Waals surface area contributed by atoms with Crippen molar-refractivity contribution >= 4 is 15.7 Å². The van der Waals surface area contributed by atoms with E-state index < -0.39 is 15.4 Å². The van der Waals surface area contributed by atoms with Gasteiger partial charge in [-0.2, -0.15) is 0 Å². The first-order chi connectivity index (χ1) is 11.7. The van der Waals surface area contributed by atoms with E-state index in [9.17, 15) is 13.2 Å². The van der Waals surface area contributed by atoms with Crippen molar-refractivity contribution in [3.8, 4) is 5.75 Å². The molecule has 138 valence electrons. The zero-order chi connectivity index (χ0) is 18.2. The maximum Gasteiger partial charge on any atom is 0.230 e. The molecule has 1 aromatic rings. The zero-order valence-corrected chi connectivity index (χ0v) is 16.0. The van der Waals surface area contributed by atoms with Gasteiger partial charge in [0.05, 0.1) is 11.7 Å².